The number of rotatable bonds is 6. The molecule has 17 heavy (non-hydrogen) atoms. The van der Waals surface area contributed by atoms with Gasteiger partial charge in [-0.25, -0.2) is 4.79 Å². The van der Waals surface area contributed by atoms with Gasteiger partial charge in [-0.2, -0.15) is 0 Å². The van der Waals surface area contributed by atoms with Gasteiger partial charge in [0.05, 0.1) is 6.61 Å². The molecule has 1 unspecified atom stereocenters. The molecule has 1 aromatic rings. The van der Waals surface area contributed by atoms with Crippen LogP contribution in [0, 0.1) is 0 Å². The largest absolute Gasteiger partial charge is 0.465 e. The monoisotopic (exact) mass is 238 g/mol. The number of nitrogens with zero attached hydrogens (tertiary/aromatic N) is 1. The van der Waals surface area contributed by atoms with E-state index in [-0.39, 0.29) is 12.6 Å². The third-order valence-electron chi connectivity index (χ3n) is 2.32. The van der Waals surface area contributed by atoms with E-state index in [1.54, 1.807) is 7.11 Å². The van der Waals surface area contributed by atoms with Gasteiger partial charge < -0.3 is 20.5 Å². The second kappa shape index (κ2) is 6.88. The van der Waals surface area contributed by atoms with Gasteiger partial charge in [-0.15, -0.1) is 0 Å². The SMILES string of the molecule is COCC(N)CN(Cc1ccccc1)C(=O)O. The van der Waals surface area contributed by atoms with Gasteiger partial charge in [0.2, 0.25) is 0 Å². The first kappa shape index (κ1) is 13.5. The van der Waals surface area contributed by atoms with Gasteiger partial charge in [0.1, 0.15) is 0 Å². The molecule has 94 valence electrons. The molecule has 0 saturated heterocycles. The van der Waals surface area contributed by atoms with E-state index in [1.807, 2.05) is 30.3 Å². The number of amides is 1. The molecule has 0 aliphatic heterocycles. The van der Waals surface area contributed by atoms with Crippen LogP contribution < -0.4 is 5.73 Å². The molecule has 0 aliphatic carbocycles. The number of methoxy groups -OCH3 is 1. The Kier molecular flexibility index (Phi) is 5.45. The number of carboxylic acid groups (broad SMARTS) is 1. The Morgan fingerprint density at radius 3 is 2.65 bits per heavy atom. The highest BCUT2D eigenvalue weighted by atomic mass is 16.5. The number of hydrogen-bond donors (Lipinski definition) is 2. The third kappa shape index (κ3) is 4.84. The van der Waals surface area contributed by atoms with Crippen molar-refractivity contribution in [2.24, 2.45) is 5.73 Å². The summed E-state index contributed by atoms with van der Waals surface area (Å²) in [6.07, 6.45) is -0.972. The molecule has 1 rings (SSSR count). The lowest BCUT2D eigenvalue weighted by Crippen LogP contribution is -2.42. The number of benzene rings is 1. The van der Waals surface area contributed by atoms with E-state index in [0.29, 0.717) is 13.2 Å². The zero-order valence-electron chi connectivity index (χ0n) is 9.87. The van der Waals surface area contributed by atoms with Crippen LogP contribution in [0.1, 0.15) is 5.56 Å². The Labute approximate surface area is 101 Å². The summed E-state index contributed by atoms with van der Waals surface area (Å²) in [6.45, 7) is 0.949. The molecule has 0 heterocycles. The molecule has 0 spiro atoms. The third-order valence-corrected chi connectivity index (χ3v) is 2.32. The van der Waals surface area contributed by atoms with Crippen molar-refractivity contribution in [1.29, 1.82) is 0 Å². The van der Waals surface area contributed by atoms with Crippen molar-refractivity contribution in [2.75, 3.05) is 20.3 Å². The Bertz CT molecular complexity index is 343. The molecular formula is C12H18N2O3. The van der Waals surface area contributed by atoms with Crippen molar-refractivity contribution in [1.82, 2.24) is 4.90 Å². The Morgan fingerprint density at radius 2 is 2.12 bits per heavy atom. The molecule has 0 bridgehead atoms. The zero-order valence-corrected chi connectivity index (χ0v) is 9.87. The van der Waals surface area contributed by atoms with Crippen LogP contribution in [-0.2, 0) is 11.3 Å². The van der Waals surface area contributed by atoms with Crippen molar-refractivity contribution in [3.8, 4) is 0 Å². The van der Waals surface area contributed by atoms with Gasteiger partial charge in [0, 0.05) is 26.2 Å². The van der Waals surface area contributed by atoms with Crippen LogP contribution in [0.5, 0.6) is 0 Å². The molecule has 1 atom stereocenters. The highest BCUT2D eigenvalue weighted by molar-refractivity contribution is 5.65. The minimum atomic E-state index is -0.972. The van der Waals surface area contributed by atoms with Crippen LogP contribution in [0.4, 0.5) is 4.79 Å². The fraction of sp³-hybridized carbons (Fsp3) is 0.417. The van der Waals surface area contributed by atoms with Gasteiger partial charge in [-0.05, 0) is 5.56 Å². The Hall–Kier alpha value is -1.59. The summed E-state index contributed by atoms with van der Waals surface area (Å²) in [7, 11) is 1.54. The molecule has 0 aliphatic rings. The normalized spacial score (nSPS) is 12.1. The maximum absolute atomic E-state index is 11.1. The number of carbonyl (C=O) groups is 1. The van der Waals surface area contributed by atoms with Crippen molar-refractivity contribution >= 4 is 6.09 Å². The minimum absolute atomic E-state index is 0.262. The lowest BCUT2D eigenvalue weighted by Gasteiger charge is -2.22. The van der Waals surface area contributed by atoms with Gasteiger partial charge in [-0.3, -0.25) is 0 Å². The maximum Gasteiger partial charge on any atom is 0.407 e. The van der Waals surface area contributed by atoms with Crippen LogP contribution in [0.3, 0.4) is 0 Å². The summed E-state index contributed by atoms with van der Waals surface area (Å²) in [5, 5.41) is 9.08. The van der Waals surface area contributed by atoms with E-state index >= 15 is 0 Å². The highest BCUT2D eigenvalue weighted by Gasteiger charge is 2.15. The molecular weight excluding hydrogens is 220 g/mol. The maximum atomic E-state index is 11.1. The average Bonchev–Trinajstić information content (AvgIpc) is 2.29. The van der Waals surface area contributed by atoms with E-state index in [0.717, 1.165) is 5.56 Å². The summed E-state index contributed by atoms with van der Waals surface area (Å²) in [5.74, 6) is 0. The lowest BCUT2D eigenvalue weighted by atomic mass is 10.2. The first-order chi connectivity index (χ1) is 8.13. The van der Waals surface area contributed by atoms with Crippen molar-refractivity contribution in [3.63, 3.8) is 0 Å². The van der Waals surface area contributed by atoms with Gasteiger partial charge in [0.25, 0.3) is 0 Å². The average molecular weight is 238 g/mol. The van der Waals surface area contributed by atoms with E-state index in [4.69, 9.17) is 15.6 Å². The van der Waals surface area contributed by atoms with Crippen molar-refractivity contribution in [3.05, 3.63) is 35.9 Å². The number of hydrogen-bond acceptors (Lipinski definition) is 3. The van der Waals surface area contributed by atoms with Crippen molar-refractivity contribution in [2.45, 2.75) is 12.6 Å². The second-order valence-electron chi connectivity index (χ2n) is 3.86. The van der Waals surface area contributed by atoms with Crippen molar-refractivity contribution < 1.29 is 14.6 Å². The van der Waals surface area contributed by atoms with Gasteiger partial charge in [-0.1, -0.05) is 30.3 Å². The van der Waals surface area contributed by atoms with E-state index in [9.17, 15) is 4.79 Å². The highest BCUT2D eigenvalue weighted by Crippen LogP contribution is 2.05. The molecule has 1 amide bonds. The fourth-order valence-corrected chi connectivity index (χ4v) is 1.56. The molecule has 3 N–H and O–H groups in total. The summed E-state index contributed by atoms with van der Waals surface area (Å²) in [6, 6.07) is 9.12. The standard InChI is InChI=1S/C12H18N2O3/c1-17-9-11(13)8-14(12(15)16)7-10-5-3-2-4-6-10/h2-6,11H,7-9,13H2,1H3,(H,15,16). The Morgan fingerprint density at radius 1 is 1.47 bits per heavy atom. The van der Waals surface area contributed by atoms with Crippen LogP contribution in [0.15, 0.2) is 30.3 Å². The Balaban J connectivity index is 2.58. The minimum Gasteiger partial charge on any atom is -0.465 e. The molecule has 1 aromatic carbocycles. The molecule has 0 fully saturated rings. The van der Waals surface area contributed by atoms with Crippen LogP contribution in [0.25, 0.3) is 0 Å². The summed E-state index contributed by atoms with van der Waals surface area (Å²) in [4.78, 5) is 12.4. The summed E-state index contributed by atoms with van der Waals surface area (Å²) in [5.41, 5.74) is 6.69. The quantitative estimate of drug-likeness (QED) is 0.779. The van der Waals surface area contributed by atoms with Crippen LogP contribution >= 0.6 is 0 Å². The number of ether oxygens (including phenoxy) is 1. The zero-order chi connectivity index (χ0) is 12.7. The summed E-state index contributed by atoms with van der Waals surface area (Å²) < 4.78 is 4.89. The predicted octanol–water partition coefficient (Wildman–Crippen LogP) is 1.14. The van der Waals surface area contributed by atoms with Gasteiger partial charge in [0.15, 0.2) is 0 Å². The molecule has 0 aromatic heterocycles. The predicted molar refractivity (Wildman–Crippen MR) is 64.7 cm³/mol. The number of nitrogens with two attached hydrogens (primary N) is 1. The molecule has 5 nitrogen and oxygen atoms in total. The fourth-order valence-electron chi connectivity index (χ4n) is 1.56. The molecule has 0 saturated carbocycles. The van der Waals surface area contributed by atoms with Crippen LogP contribution in [0.2, 0.25) is 0 Å². The smallest absolute Gasteiger partial charge is 0.407 e. The van der Waals surface area contributed by atoms with E-state index in [1.165, 1.54) is 4.90 Å². The first-order valence-corrected chi connectivity index (χ1v) is 5.39. The topological polar surface area (TPSA) is 75.8 Å². The molecule has 5 heteroatoms. The van der Waals surface area contributed by atoms with Gasteiger partial charge >= 0.3 is 6.09 Å². The molecule has 0 radical (unpaired) electrons. The lowest BCUT2D eigenvalue weighted by molar-refractivity contribution is 0.123. The first-order valence-electron chi connectivity index (χ1n) is 5.39. The second-order valence-corrected chi connectivity index (χ2v) is 3.86. The van der Waals surface area contributed by atoms with E-state index in [2.05, 4.69) is 0 Å². The summed E-state index contributed by atoms with van der Waals surface area (Å²) >= 11 is 0. The van der Waals surface area contributed by atoms with Crippen LogP contribution in [-0.4, -0.2) is 42.4 Å². The van der Waals surface area contributed by atoms with E-state index < -0.39 is 6.09 Å².